The first-order chi connectivity index (χ1) is 8.62. The normalized spacial score (nSPS) is 11.6. The number of para-hydroxylation sites is 1. The number of rotatable bonds is 7. The third kappa shape index (κ3) is 3.41. The van der Waals surface area contributed by atoms with Crippen molar-refractivity contribution in [1.82, 2.24) is 0 Å². The number of hydrogen-bond acceptors (Lipinski definition) is 2. The van der Waals surface area contributed by atoms with Gasteiger partial charge in [-0.1, -0.05) is 26.0 Å². The summed E-state index contributed by atoms with van der Waals surface area (Å²) < 4.78 is 13.9. The Labute approximate surface area is 116 Å². The van der Waals surface area contributed by atoms with E-state index in [0.717, 1.165) is 31.7 Å². The summed E-state index contributed by atoms with van der Waals surface area (Å²) in [6.45, 7) is 8.13. The molecule has 0 amide bonds. The monoisotopic (exact) mass is 269 g/mol. The van der Waals surface area contributed by atoms with E-state index in [2.05, 4.69) is 38.3 Å². The Morgan fingerprint density at radius 1 is 1.17 bits per heavy atom. The highest BCUT2D eigenvalue weighted by Gasteiger charge is 2.27. The highest BCUT2D eigenvalue weighted by Crippen LogP contribution is 2.31. The molecule has 0 N–H and O–H groups in total. The van der Waals surface area contributed by atoms with Crippen LogP contribution in [0.5, 0.6) is 0 Å². The Bertz CT molecular complexity index is 355. The fourth-order valence-corrected chi connectivity index (χ4v) is 2.77. The zero-order chi connectivity index (χ0) is 13.6. The Morgan fingerprint density at radius 3 is 2.22 bits per heavy atom. The van der Waals surface area contributed by atoms with Gasteiger partial charge in [-0.2, -0.15) is 12.6 Å². The Hall–Kier alpha value is -0.700. The van der Waals surface area contributed by atoms with Crippen LogP contribution in [0, 0.1) is 11.2 Å². The Kier molecular flexibility index (Phi) is 6.00. The maximum Gasteiger partial charge on any atom is 0.146 e. The standard InChI is InChI=1S/C15H24FNS/c1-4-15(5-2,12-18)11-17(6-3)14-10-8-7-9-13(14)16/h7-10,18H,4-6,11-12H2,1-3H3. The van der Waals surface area contributed by atoms with E-state index >= 15 is 0 Å². The topological polar surface area (TPSA) is 3.24 Å². The summed E-state index contributed by atoms with van der Waals surface area (Å²) in [5.74, 6) is 0.699. The van der Waals surface area contributed by atoms with Gasteiger partial charge < -0.3 is 4.90 Å². The quantitative estimate of drug-likeness (QED) is 0.719. The first-order valence-corrected chi connectivity index (χ1v) is 7.36. The van der Waals surface area contributed by atoms with Crippen LogP contribution in [0.1, 0.15) is 33.6 Å². The molecule has 0 atom stereocenters. The predicted octanol–water partition coefficient (Wildman–Crippen LogP) is 4.39. The zero-order valence-electron chi connectivity index (χ0n) is 11.6. The number of thiol groups is 1. The average Bonchev–Trinajstić information content (AvgIpc) is 2.42. The molecule has 1 aromatic carbocycles. The molecule has 0 bridgehead atoms. The summed E-state index contributed by atoms with van der Waals surface area (Å²) in [4.78, 5) is 2.12. The molecule has 0 aliphatic carbocycles. The summed E-state index contributed by atoms with van der Waals surface area (Å²) in [5, 5.41) is 0. The molecule has 0 fully saturated rings. The minimum absolute atomic E-state index is 0.139. The maximum atomic E-state index is 13.9. The van der Waals surface area contributed by atoms with Crippen molar-refractivity contribution >= 4 is 18.3 Å². The van der Waals surface area contributed by atoms with Crippen molar-refractivity contribution in [3.8, 4) is 0 Å². The molecule has 0 unspecified atom stereocenters. The SMILES string of the molecule is CCN(CC(CC)(CC)CS)c1ccccc1F. The molecule has 0 saturated heterocycles. The van der Waals surface area contributed by atoms with Crippen LogP contribution >= 0.6 is 12.6 Å². The molecule has 1 aromatic rings. The van der Waals surface area contributed by atoms with Gasteiger partial charge in [-0.3, -0.25) is 0 Å². The van der Waals surface area contributed by atoms with E-state index < -0.39 is 0 Å². The Balaban J connectivity index is 2.94. The minimum atomic E-state index is -0.139. The van der Waals surface area contributed by atoms with Gasteiger partial charge in [0.25, 0.3) is 0 Å². The van der Waals surface area contributed by atoms with Crippen LogP contribution < -0.4 is 4.90 Å². The van der Waals surface area contributed by atoms with E-state index in [1.165, 1.54) is 6.07 Å². The number of halogens is 1. The smallest absolute Gasteiger partial charge is 0.146 e. The van der Waals surface area contributed by atoms with Gasteiger partial charge in [-0.05, 0) is 43.1 Å². The largest absolute Gasteiger partial charge is 0.369 e. The lowest BCUT2D eigenvalue weighted by molar-refractivity contribution is 0.310. The third-order valence-corrected chi connectivity index (χ3v) is 4.61. The van der Waals surface area contributed by atoms with Crippen molar-refractivity contribution in [3.63, 3.8) is 0 Å². The molecule has 1 rings (SSSR count). The van der Waals surface area contributed by atoms with Crippen LogP contribution in [0.3, 0.4) is 0 Å². The molecule has 0 radical (unpaired) electrons. The van der Waals surface area contributed by atoms with Crippen LogP contribution in [0.15, 0.2) is 24.3 Å². The summed E-state index contributed by atoms with van der Waals surface area (Å²) in [7, 11) is 0. The Morgan fingerprint density at radius 2 is 1.78 bits per heavy atom. The van der Waals surface area contributed by atoms with Gasteiger partial charge in [0.05, 0.1) is 5.69 Å². The fraction of sp³-hybridized carbons (Fsp3) is 0.600. The summed E-state index contributed by atoms with van der Waals surface area (Å²) in [6.07, 6.45) is 2.13. The molecule has 18 heavy (non-hydrogen) atoms. The van der Waals surface area contributed by atoms with Gasteiger partial charge >= 0.3 is 0 Å². The number of hydrogen-bond donors (Lipinski definition) is 1. The summed E-state index contributed by atoms with van der Waals surface area (Å²) in [6, 6.07) is 7.01. The second-order valence-electron chi connectivity index (χ2n) is 4.83. The van der Waals surface area contributed by atoms with Gasteiger partial charge in [-0.25, -0.2) is 4.39 Å². The first kappa shape index (κ1) is 15.4. The van der Waals surface area contributed by atoms with E-state index in [-0.39, 0.29) is 11.2 Å². The van der Waals surface area contributed by atoms with E-state index in [9.17, 15) is 4.39 Å². The maximum absolute atomic E-state index is 13.9. The number of nitrogens with zero attached hydrogens (tertiary/aromatic N) is 1. The van der Waals surface area contributed by atoms with Gasteiger partial charge in [0.15, 0.2) is 0 Å². The van der Waals surface area contributed by atoms with Crippen molar-refractivity contribution in [2.24, 2.45) is 5.41 Å². The second-order valence-corrected chi connectivity index (χ2v) is 5.15. The lowest BCUT2D eigenvalue weighted by Gasteiger charge is -2.37. The molecule has 0 aliphatic rings. The van der Waals surface area contributed by atoms with Crippen molar-refractivity contribution in [3.05, 3.63) is 30.1 Å². The molecular formula is C15H24FNS. The molecule has 0 heterocycles. The molecule has 0 spiro atoms. The molecule has 0 saturated carbocycles. The fourth-order valence-electron chi connectivity index (χ4n) is 2.23. The van der Waals surface area contributed by atoms with Crippen molar-refractivity contribution in [1.29, 1.82) is 0 Å². The lowest BCUT2D eigenvalue weighted by Crippen LogP contribution is -2.39. The molecule has 1 nitrogen and oxygen atoms in total. The average molecular weight is 269 g/mol. The van der Waals surface area contributed by atoms with E-state index in [1.54, 1.807) is 6.07 Å². The van der Waals surface area contributed by atoms with Crippen molar-refractivity contribution in [2.45, 2.75) is 33.6 Å². The van der Waals surface area contributed by atoms with E-state index in [1.807, 2.05) is 12.1 Å². The summed E-state index contributed by atoms with van der Waals surface area (Å²) >= 11 is 4.49. The van der Waals surface area contributed by atoms with Gasteiger partial charge in [0, 0.05) is 13.1 Å². The lowest BCUT2D eigenvalue weighted by atomic mass is 9.83. The molecule has 102 valence electrons. The van der Waals surface area contributed by atoms with Gasteiger partial charge in [0.2, 0.25) is 0 Å². The molecular weight excluding hydrogens is 245 g/mol. The van der Waals surface area contributed by atoms with Gasteiger partial charge in [0.1, 0.15) is 5.82 Å². The highest BCUT2D eigenvalue weighted by molar-refractivity contribution is 7.80. The molecule has 0 aliphatic heterocycles. The van der Waals surface area contributed by atoms with Crippen molar-refractivity contribution in [2.75, 3.05) is 23.7 Å². The van der Waals surface area contributed by atoms with Crippen LogP contribution in [0.4, 0.5) is 10.1 Å². The van der Waals surface area contributed by atoms with E-state index in [0.29, 0.717) is 5.69 Å². The van der Waals surface area contributed by atoms with Crippen LogP contribution in [0.2, 0.25) is 0 Å². The van der Waals surface area contributed by atoms with Crippen LogP contribution in [-0.4, -0.2) is 18.8 Å². The highest BCUT2D eigenvalue weighted by atomic mass is 32.1. The third-order valence-electron chi connectivity index (χ3n) is 3.94. The van der Waals surface area contributed by atoms with Gasteiger partial charge in [-0.15, -0.1) is 0 Å². The van der Waals surface area contributed by atoms with Crippen LogP contribution in [-0.2, 0) is 0 Å². The number of benzene rings is 1. The van der Waals surface area contributed by atoms with Crippen molar-refractivity contribution < 1.29 is 4.39 Å². The molecule has 3 heteroatoms. The van der Waals surface area contributed by atoms with Crippen LogP contribution in [0.25, 0.3) is 0 Å². The summed E-state index contributed by atoms with van der Waals surface area (Å²) in [5.41, 5.74) is 0.870. The first-order valence-electron chi connectivity index (χ1n) is 6.72. The predicted molar refractivity (Wildman–Crippen MR) is 81.2 cm³/mol. The number of anilines is 1. The van der Waals surface area contributed by atoms with E-state index in [4.69, 9.17) is 0 Å². The second kappa shape index (κ2) is 7.03. The molecule has 0 aromatic heterocycles. The minimum Gasteiger partial charge on any atom is -0.369 e. The zero-order valence-corrected chi connectivity index (χ0v) is 12.5.